The predicted octanol–water partition coefficient (Wildman–Crippen LogP) is 3.09. The first kappa shape index (κ1) is 18.8. The second-order valence-corrected chi connectivity index (χ2v) is 7.80. The Morgan fingerprint density at radius 1 is 0.931 bits per heavy atom. The van der Waals surface area contributed by atoms with Gasteiger partial charge in [-0.25, -0.2) is 27.6 Å². The largest absolute Gasteiger partial charge is 0.507 e. The molecule has 0 saturated heterocycles. The number of phenolic OH excluding ortho intramolecular Hbond substituents is 1. The number of nitrogens with two attached hydrogens (primary N) is 1. The first-order chi connectivity index (χ1) is 13.8. The Morgan fingerprint density at radius 3 is 2.21 bits per heavy atom. The molecule has 0 radical (unpaired) electrons. The van der Waals surface area contributed by atoms with E-state index >= 15 is 0 Å². The highest BCUT2D eigenvalue weighted by atomic mass is 32.2. The van der Waals surface area contributed by atoms with E-state index in [1.165, 1.54) is 47.1 Å². The van der Waals surface area contributed by atoms with Crippen LogP contribution in [0.15, 0.2) is 77.7 Å². The highest BCUT2D eigenvalue weighted by Gasteiger charge is 2.18. The molecule has 1 heterocycles. The third-order valence-corrected chi connectivity index (χ3v) is 5.19. The van der Waals surface area contributed by atoms with E-state index in [0.717, 1.165) is 0 Å². The Morgan fingerprint density at radius 2 is 1.59 bits per heavy atom. The van der Waals surface area contributed by atoms with Crippen LogP contribution in [0.4, 0.5) is 4.39 Å². The van der Waals surface area contributed by atoms with E-state index in [4.69, 9.17) is 5.14 Å². The third-order valence-electron chi connectivity index (χ3n) is 4.26. The standard InChI is InChI=1S/C20H15FN4O3S/c21-14-7-5-13(6-8-14)19-23-20(17-3-1-2-4-18(17)26)25(24-19)15-9-11-16(12-10-15)29(22,27)28/h1-12,26H,(H2,22,27,28). The fraction of sp³-hybridized carbons (Fsp3) is 0. The molecule has 29 heavy (non-hydrogen) atoms. The molecule has 0 bridgehead atoms. The van der Waals surface area contributed by atoms with Crippen molar-refractivity contribution < 1.29 is 17.9 Å². The number of halogens is 1. The zero-order valence-corrected chi connectivity index (χ0v) is 15.7. The summed E-state index contributed by atoms with van der Waals surface area (Å²) in [4.78, 5) is 4.48. The summed E-state index contributed by atoms with van der Waals surface area (Å²) < 4.78 is 37.8. The van der Waals surface area contributed by atoms with Gasteiger partial charge in [-0.15, -0.1) is 5.10 Å². The quantitative estimate of drug-likeness (QED) is 0.537. The van der Waals surface area contributed by atoms with E-state index in [1.807, 2.05) is 0 Å². The van der Waals surface area contributed by atoms with E-state index in [2.05, 4.69) is 10.1 Å². The van der Waals surface area contributed by atoms with Gasteiger partial charge in [0.25, 0.3) is 0 Å². The lowest BCUT2D eigenvalue weighted by atomic mass is 10.2. The minimum Gasteiger partial charge on any atom is -0.507 e. The number of aromatic hydroxyl groups is 1. The second kappa shape index (κ2) is 7.12. The van der Waals surface area contributed by atoms with Crippen molar-refractivity contribution in [3.05, 3.63) is 78.6 Å². The molecule has 0 fully saturated rings. The van der Waals surface area contributed by atoms with E-state index in [9.17, 15) is 17.9 Å². The lowest BCUT2D eigenvalue weighted by Gasteiger charge is -2.08. The molecule has 0 amide bonds. The summed E-state index contributed by atoms with van der Waals surface area (Å²) in [7, 11) is -3.83. The maximum absolute atomic E-state index is 13.3. The summed E-state index contributed by atoms with van der Waals surface area (Å²) >= 11 is 0. The van der Waals surface area contributed by atoms with Crippen LogP contribution < -0.4 is 5.14 Å². The smallest absolute Gasteiger partial charge is 0.238 e. The molecule has 9 heteroatoms. The van der Waals surface area contributed by atoms with Gasteiger partial charge in [0.05, 0.1) is 16.1 Å². The van der Waals surface area contributed by atoms with Crippen LogP contribution in [0.25, 0.3) is 28.5 Å². The molecule has 146 valence electrons. The summed E-state index contributed by atoms with van der Waals surface area (Å²) in [6, 6.07) is 18.1. The SMILES string of the molecule is NS(=O)(=O)c1ccc(-n2nc(-c3ccc(F)cc3)nc2-c2ccccc2O)cc1. The van der Waals surface area contributed by atoms with Crippen LogP contribution in [-0.4, -0.2) is 28.3 Å². The molecule has 0 atom stereocenters. The number of aromatic nitrogens is 3. The molecule has 0 spiro atoms. The molecule has 4 rings (SSSR count). The molecular formula is C20H15FN4O3S. The Hall–Kier alpha value is -3.56. The van der Waals surface area contributed by atoms with Gasteiger partial charge >= 0.3 is 0 Å². The van der Waals surface area contributed by atoms with E-state index < -0.39 is 10.0 Å². The molecule has 3 N–H and O–H groups in total. The van der Waals surface area contributed by atoms with E-state index in [1.54, 1.807) is 30.3 Å². The summed E-state index contributed by atoms with van der Waals surface area (Å²) in [5.41, 5.74) is 1.53. The monoisotopic (exact) mass is 410 g/mol. The number of primary sulfonamides is 1. The Kier molecular flexibility index (Phi) is 4.61. The predicted molar refractivity (Wildman–Crippen MR) is 105 cm³/mol. The molecule has 3 aromatic carbocycles. The first-order valence-electron chi connectivity index (χ1n) is 8.47. The van der Waals surface area contributed by atoms with Gasteiger partial charge in [0.1, 0.15) is 11.6 Å². The Bertz CT molecular complexity index is 1280. The molecule has 7 nitrogen and oxygen atoms in total. The van der Waals surface area contributed by atoms with Gasteiger partial charge in [-0.3, -0.25) is 0 Å². The van der Waals surface area contributed by atoms with Crippen LogP contribution in [0.1, 0.15) is 0 Å². The molecule has 0 aliphatic heterocycles. The fourth-order valence-electron chi connectivity index (χ4n) is 2.83. The van der Waals surface area contributed by atoms with Crippen LogP contribution in [-0.2, 0) is 10.0 Å². The first-order valence-corrected chi connectivity index (χ1v) is 10.0. The zero-order chi connectivity index (χ0) is 20.6. The number of hydrogen-bond donors (Lipinski definition) is 2. The van der Waals surface area contributed by atoms with Crippen LogP contribution >= 0.6 is 0 Å². The fourth-order valence-corrected chi connectivity index (χ4v) is 3.34. The van der Waals surface area contributed by atoms with E-state index in [-0.39, 0.29) is 16.5 Å². The number of hydrogen-bond acceptors (Lipinski definition) is 5. The third kappa shape index (κ3) is 3.73. The minimum atomic E-state index is -3.83. The average molecular weight is 410 g/mol. The molecule has 4 aromatic rings. The summed E-state index contributed by atoms with van der Waals surface area (Å²) in [6.07, 6.45) is 0. The average Bonchev–Trinajstić information content (AvgIpc) is 3.13. The normalized spacial score (nSPS) is 11.5. The molecule has 0 aliphatic rings. The molecule has 0 saturated carbocycles. The Balaban J connectivity index is 1.89. The van der Waals surface area contributed by atoms with Crippen molar-refractivity contribution in [2.45, 2.75) is 4.90 Å². The number of sulfonamides is 1. The molecule has 0 unspecified atom stereocenters. The lowest BCUT2D eigenvalue weighted by molar-refractivity contribution is 0.476. The summed E-state index contributed by atoms with van der Waals surface area (Å²) in [5, 5.41) is 19.9. The van der Waals surface area contributed by atoms with Crippen LogP contribution in [0.5, 0.6) is 5.75 Å². The van der Waals surface area contributed by atoms with Gasteiger partial charge in [0.15, 0.2) is 11.6 Å². The molecular weight excluding hydrogens is 395 g/mol. The van der Waals surface area contributed by atoms with Crippen LogP contribution in [0.2, 0.25) is 0 Å². The number of phenols is 1. The Labute approximate surface area is 165 Å². The van der Waals surface area contributed by atoms with Crippen molar-refractivity contribution >= 4 is 10.0 Å². The van der Waals surface area contributed by atoms with Crippen molar-refractivity contribution in [1.29, 1.82) is 0 Å². The topological polar surface area (TPSA) is 111 Å². The van der Waals surface area contributed by atoms with Gasteiger partial charge in [0.2, 0.25) is 10.0 Å². The van der Waals surface area contributed by atoms with Crippen molar-refractivity contribution in [2.75, 3.05) is 0 Å². The number of para-hydroxylation sites is 1. The zero-order valence-electron chi connectivity index (χ0n) is 14.9. The summed E-state index contributed by atoms with van der Waals surface area (Å²) in [6.45, 7) is 0. The maximum Gasteiger partial charge on any atom is 0.238 e. The van der Waals surface area contributed by atoms with E-state index in [0.29, 0.717) is 28.5 Å². The van der Waals surface area contributed by atoms with Crippen molar-refractivity contribution in [2.24, 2.45) is 5.14 Å². The summed E-state index contributed by atoms with van der Waals surface area (Å²) in [5.74, 6) is 0.283. The van der Waals surface area contributed by atoms with Crippen LogP contribution in [0, 0.1) is 5.82 Å². The van der Waals surface area contributed by atoms with Crippen LogP contribution in [0.3, 0.4) is 0 Å². The van der Waals surface area contributed by atoms with Gasteiger partial charge in [0, 0.05) is 5.56 Å². The highest BCUT2D eigenvalue weighted by molar-refractivity contribution is 7.89. The molecule has 1 aromatic heterocycles. The van der Waals surface area contributed by atoms with Crippen molar-refractivity contribution in [3.63, 3.8) is 0 Å². The van der Waals surface area contributed by atoms with Gasteiger partial charge < -0.3 is 5.11 Å². The highest BCUT2D eigenvalue weighted by Crippen LogP contribution is 2.31. The lowest BCUT2D eigenvalue weighted by Crippen LogP contribution is -2.12. The van der Waals surface area contributed by atoms with Crippen molar-refractivity contribution in [1.82, 2.24) is 14.8 Å². The molecule has 0 aliphatic carbocycles. The minimum absolute atomic E-state index is 0.00737. The van der Waals surface area contributed by atoms with Gasteiger partial charge in [-0.05, 0) is 60.7 Å². The second-order valence-electron chi connectivity index (χ2n) is 6.23. The number of rotatable bonds is 4. The van der Waals surface area contributed by atoms with Gasteiger partial charge in [-0.1, -0.05) is 12.1 Å². The number of benzene rings is 3. The van der Waals surface area contributed by atoms with Crippen molar-refractivity contribution in [3.8, 4) is 34.2 Å². The van der Waals surface area contributed by atoms with Gasteiger partial charge in [-0.2, -0.15) is 0 Å². The number of nitrogens with zero attached hydrogens (tertiary/aromatic N) is 3. The maximum atomic E-state index is 13.3.